The van der Waals surface area contributed by atoms with Gasteiger partial charge in [0.15, 0.2) is 12.4 Å². The normalized spacial score (nSPS) is 10.5. The Bertz CT molecular complexity index is 1000. The molecule has 0 aliphatic rings. The highest BCUT2D eigenvalue weighted by atomic mass is 19.1. The smallest absolute Gasteiger partial charge is 0.290 e. The fourth-order valence-corrected chi connectivity index (χ4v) is 2.72. The Balaban J connectivity index is 1.58. The molecular weight excluding hydrogens is 361 g/mol. The van der Waals surface area contributed by atoms with Gasteiger partial charge in [0.05, 0.1) is 4.92 Å². The predicted octanol–water partition coefficient (Wildman–Crippen LogP) is 3.56. The van der Waals surface area contributed by atoms with Gasteiger partial charge in [0, 0.05) is 30.0 Å². The highest BCUT2D eigenvalue weighted by molar-refractivity contribution is 5.89. The Hall–Kier alpha value is -3.61. The van der Waals surface area contributed by atoms with Crippen LogP contribution < -0.4 is 9.88 Å². The van der Waals surface area contributed by atoms with Crippen LogP contribution in [-0.4, -0.2) is 10.8 Å². The summed E-state index contributed by atoms with van der Waals surface area (Å²) in [7, 11) is 0. The van der Waals surface area contributed by atoms with Crippen LogP contribution in [-0.2, 0) is 17.8 Å². The summed E-state index contributed by atoms with van der Waals surface area (Å²) >= 11 is 0. The highest BCUT2D eigenvalue weighted by Gasteiger charge is 2.11. The van der Waals surface area contributed by atoms with E-state index in [1.807, 2.05) is 12.1 Å². The van der Waals surface area contributed by atoms with Crippen LogP contribution in [0.5, 0.6) is 0 Å². The van der Waals surface area contributed by atoms with E-state index >= 15 is 0 Å². The maximum atomic E-state index is 13.6. The van der Waals surface area contributed by atoms with Crippen molar-refractivity contribution in [1.29, 1.82) is 0 Å². The number of halogens is 1. The Labute approximate surface area is 161 Å². The van der Waals surface area contributed by atoms with Crippen LogP contribution in [0.25, 0.3) is 0 Å². The number of nitro groups is 1. The topological polar surface area (TPSA) is 76.1 Å². The van der Waals surface area contributed by atoms with E-state index in [0.29, 0.717) is 17.7 Å². The summed E-state index contributed by atoms with van der Waals surface area (Å²) in [4.78, 5) is 22.4. The van der Waals surface area contributed by atoms with E-state index in [0.717, 1.165) is 11.1 Å². The number of carbonyl (C=O) groups is 1. The first-order chi connectivity index (χ1) is 13.4. The van der Waals surface area contributed by atoms with Gasteiger partial charge in [0.2, 0.25) is 6.54 Å². The Morgan fingerprint density at radius 2 is 1.71 bits per heavy atom. The largest absolute Gasteiger partial charge is 0.320 e. The number of amides is 1. The molecule has 1 N–H and O–H groups in total. The number of benzene rings is 2. The lowest BCUT2D eigenvalue weighted by molar-refractivity contribution is -0.684. The van der Waals surface area contributed by atoms with Gasteiger partial charge in [-0.25, -0.2) is 4.39 Å². The summed E-state index contributed by atoms with van der Waals surface area (Å²) < 4.78 is 15.3. The zero-order chi connectivity index (χ0) is 20.1. The van der Waals surface area contributed by atoms with Crippen molar-refractivity contribution < 1.29 is 18.7 Å². The number of rotatable bonds is 6. The quantitative estimate of drug-likeness (QED) is 0.404. The molecule has 7 heteroatoms. The predicted molar refractivity (Wildman–Crippen MR) is 102 cm³/mol. The molecule has 0 bridgehead atoms. The molecule has 0 unspecified atom stereocenters. The van der Waals surface area contributed by atoms with Crippen LogP contribution in [0.4, 0.5) is 15.8 Å². The van der Waals surface area contributed by atoms with Crippen molar-refractivity contribution in [1.82, 2.24) is 0 Å². The van der Waals surface area contributed by atoms with E-state index in [2.05, 4.69) is 5.32 Å². The van der Waals surface area contributed by atoms with Crippen molar-refractivity contribution in [2.45, 2.75) is 19.9 Å². The molecule has 2 aromatic carbocycles. The van der Waals surface area contributed by atoms with Gasteiger partial charge in [0.25, 0.3) is 11.6 Å². The molecule has 1 amide bonds. The van der Waals surface area contributed by atoms with Crippen LogP contribution in [0, 0.1) is 22.9 Å². The number of carbonyl (C=O) groups excluding carboxylic acids is 1. The first-order valence-electron chi connectivity index (χ1n) is 8.68. The molecule has 28 heavy (non-hydrogen) atoms. The monoisotopic (exact) mass is 380 g/mol. The van der Waals surface area contributed by atoms with E-state index in [-0.39, 0.29) is 24.0 Å². The minimum Gasteiger partial charge on any atom is -0.320 e. The fraction of sp³-hybridized carbons (Fsp3) is 0.143. The maximum absolute atomic E-state index is 13.6. The van der Waals surface area contributed by atoms with E-state index in [9.17, 15) is 19.3 Å². The number of nitrogens with one attached hydrogen (secondary N) is 1. The number of hydrogen-bond acceptors (Lipinski definition) is 3. The second-order valence-electron chi connectivity index (χ2n) is 6.49. The molecule has 1 aromatic heterocycles. The minimum atomic E-state index is -0.425. The van der Waals surface area contributed by atoms with Crippen LogP contribution in [0.3, 0.4) is 0 Å². The number of aromatic nitrogens is 1. The van der Waals surface area contributed by atoms with Gasteiger partial charge in [-0.05, 0) is 42.2 Å². The summed E-state index contributed by atoms with van der Waals surface area (Å²) in [5.41, 5.74) is 2.99. The average molecular weight is 380 g/mol. The van der Waals surface area contributed by atoms with E-state index in [1.54, 1.807) is 48.1 Å². The number of aryl methyl sites for hydroxylation is 1. The van der Waals surface area contributed by atoms with Crippen molar-refractivity contribution in [3.8, 4) is 0 Å². The van der Waals surface area contributed by atoms with Crippen LogP contribution in [0.15, 0.2) is 67.0 Å². The molecule has 3 aromatic rings. The Morgan fingerprint density at radius 1 is 1.07 bits per heavy atom. The molecule has 0 fully saturated rings. The number of nitrogens with zero attached hydrogens (tertiary/aromatic N) is 2. The first-order valence-corrected chi connectivity index (χ1v) is 8.68. The van der Waals surface area contributed by atoms with Gasteiger partial charge in [-0.15, -0.1) is 0 Å². The van der Waals surface area contributed by atoms with Crippen molar-refractivity contribution in [2.75, 3.05) is 5.32 Å². The fourth-order valence-electron chi connectivity index (χ4n) is 2.72. The second-order valence-corrected chi connectivity index (χ2v) is 6.49. The van der Waals surface area contributed by atoms with Crippen LogP contribution in [0.2, 0.25) is 0 Å². The van der Waals surface area contributed by atoms with Crippen molar-refractivity contribution in [2.24, 2.45) is 0 Å². The van der Waals surface area contributed by atoms with Gasteiger partial charge in [-0.1, -0.05) is 18.2 Å². The number of nitro benzene ring substituents is 1. The lowest BCUT2D eigenvalue weighted by atomic mass is 10.1. The molecular formula is C21H19FN3O3+. The first kappa shape index (κ1) is 19.2. The minimum absolute atomic E-state index is 0.0640. The summed E-state index contributed by atoms with van der Waals surface area (Å²) in [5, 5.41) is 13.4. The molecule has 142 valence electrons. The van der Waals surface area contributed by atoms with E-state index in [1.165, 1.54) is 18.2 Å². The number of hydrogen-bond donors (Lipinski definition) is 1. The molecule has 0 aliphatic heterocycles. The number of anilines is 1. The molecule has 0 saturated heterocycles. The summed E-state index contributed by atoms with van der Waals surface area (Å²) in [5.74, 6) is -0.613. The van der Waals surface area contributed by atoms with Gasteiger partial charge >= 0.3 is 0 Å². The van der Waals surface area contributed by atoms with E-state index < -0.39 is 4.92 Å². The average Bonchev–Trinajstić information content (AvgIpc) is 2.67. The third-order valence-electron chi connectivity index (χ3n) is 4.30. The van der Waals surface area contributed by atoms with Crippen LogP contribution >= 0.6 is 0 Å². The number of non-ortho nitro benzene ring substituents is 1. The Morgan fingerprint density at radius 3 is 2.32 bits per heavy atom. The van der Waals surface area contributed by atoms with Gasteiger partial charge in [0.1, 0.15) is 5.82 Å². The number of pyridine rings is 1. The third kappa shape index (κ3) is 4.97. The van der Waals surface area contributed by atoms with Crippen LogP contribution in [0.1, 0.15) is 16.7 Å². The molecule has 0 aliphatic carbocycles. The molecule has 0 saturated carbocycles. The molecule has 0 spiro atoms. The molecule has 6 nitrogen and oxygen atoms in total. The maximum Gasteiger partial charge on any atom is 0.290 e. The zero-order valence-corrected chi connectivity index (χ0v) is 15.3. The van der Waals surface area contributed by atoms with E-state index in [4.69, 9.17) is 0 Å². The van der Waals surface area contributed by atoms with Crippen molar-refractivity contribution in [3.63, 3.8) is 0 Å². The van der Waals surface area contributed by atoms with Crippen molar-refractivity contribution in [3.05, 3.63) is 99.6 Å². The highest BCUT2D eigenvalue weighted by Crippen LogP contribution is 2.15. The molecule has 1 heterocycles. The standard InChI is InChI=1S/C21H18FN3O3/c1-15-2-5-18(13-20(15)22)23-21(26)14-24-10-8-17(9-11-24)12-16-3-6-19(7-4-16)25(27)28/h2-11,13H,12,14H2,1H3/p+1. The molecule has 0 radical (unpaired) electrons. The third-order valence-corrected chi connectivity index (χ3v) is 4.30. The zero-order valence-electron chi connectivity index (χ0n) is 15.3. The van der Waals surface area contributed by atoms with Gasteiger partial charge < -0.3 is 5.32 Å². The Kier molecular flexibility index (Phi) is 5.74. The lowest BCUT2D eigenvalue weighted by Crippen LogP contribution is -2.39. The summed E-state index contributed by atoms with van der Waals surface area (Å²) in [6.45, 7) is 1.77. The summed E-state index contributed by atoms with van der Waals surface area (Å²) in [6.07, 6.45) is 4.21. The van der Waals surface area contributed by atoms with Crippen molar-refractivity contribution >= 4 is 17.3 Å². The van der Waals surface area contributed by atoms with Gasteiger partial charge in [-0.2, -0.15) is 4.57 Å². The molecule has 3 rings (SSSR count). The second kappa shape index (κ2) is 8.39. The summed E-state index contributed by atoms with van der Waals surface area (Å²) in [6, 6.07) is 14.8. The lowest BCUT2D eigenvalue weighted by Gasteiger charge is -2.05. The molecule has 0 atom stereocenters. The SMILES string of the molecule is Cc1ccc(NC(=O)C[n+]2ccc(Cc3ccc([N+](=O)[O-])cc3)cc2)cc1F. The van der Waals surface area contributed by atoms with Gasteiger partial charge in [-0.3, -0.25) is 14.9 Å².